The van der Waals surface area contributed by atoms with Gasteiger partial charge in [-0.2, -0.15) is 0 Å². The van der Waals surface area contributed by atoms with Crippen LogP contribution < -0.4 is 10.2 Å². The molecule has 0 radical (unpaired) electrons. The van der Waals surface area contributed by atoms with E-state index in [9.17, 15) is 18.4 Å². The maximum atomic E-state index is 13.3. The number of amides is 2. The Balaban J connectivity index is 1.36. The van der Waals surface area contributed by atoms with Crippen LogP contribution in [0.1, 0.15) is 38.2 Å². The summed E-state index contributed by atoms with van der Waals surface area (Å²) in [6.07, 6.45) is 3.39. The number of hydrogen-bond acceptors (Lipinski definition) is 2. The van der Waals surface area contributed by atoms with E-state index in [1.807, 2.05) is 23.1 Å². The lowest BCUT2D eigenvalue weighted by Gasteiger charge is -2.32. The second kappa shape index (κ2) is 7.93. The fourth-order valence-electron chi connectivity index (χ4n) is 4.52. The minimum atomic E-state index is -0.989. The van der Waals surface area contributed by atoms with E-state index in [1.165, 1.54) is 11.6 Å². The van der Waals surface area contributed by atoms with Gasteiger partial charge < -0.3 is 10.2 Å². The molecule has 1 fully saturated rings. The first-order chi connectivity index (χ1) is 13.9. The molecule has 0 bridgehead atoms. The molecule has 29 heavy (non-hydrogen) atoms. The monoisotopic (exact) mass is 398 g/mol. The van der Waals surface area contributed by atoms with Crippen LogP contribution in [0.5, 0.6) is 0 Å². The number of carbonyl (C=O) groups is 2. The molecule has 1 heterocycles. The van der Waals surface area contributed by atoms with E-state index in [-0.39, 0.29) is 35.4 Å². The van der Waals surface area contributed by atoms with Crippen molar-refractivity contribution in [1.82, 2.24) is 0 Å². The highest BCUT2D eigenvalue weighted by Crippen LogP contribution is 2.37. The quantitative estimate of drug-likeness (QED) is 0.816. The summed E-state index contributed by atoms with van der Waals surface area (Å²) in [6, 6.07) is 11.5. The van der Waals surface area contributed by atoms with Crippen LogP contribution in [-0.2, 0) is 16.0 Å². The fraction of sp³-hybridized carbons (Fsp3) is 0.391. The number of benzene rings is 2. The summed E-state index contributed by atoms with van der Waals surface area (Å²) in [5.41, 5.74) is 2.45. The fourth-order valence-corrected chi connectivity index (χ4v) is 4.52. The van der Waals surface area contributed by atoms with Gasteiger partial charge in [-0.05, 0) is 62.8 Å². The number of anilines is 2. The van der Waals surface area contributed by atoms with Crippen molar-refractivity contribution in [2.45, 2.75) is 45.1 Å². The second-order valence-electron chi connectivity index (χ2n) is 8.06. The third kappa shape index (κ3) is 3.88. The molecule has 2 aliphatic rings. The van der Waals surface area contributed by atoms with Crippen molar-refractivity contribution in [3.05, 3.63) is 59.7 Å². The van der Waals surface area contributed by atoms with Gasteiger partial charge in [-0.1, -0.05) is 18.2 Å². The predicted molar refractivity (Wildman–Crippen MR) is 108 cm³/mol. The Morgan fingerprint density at radius 3 is 2.38 bits per heavy atom. The summed E-state index contributed by atoms with van der Waals surface area (Å²) in [5, 5.41) is 2.66. The second-order valence-corrected chi connectivity index (χ2v) is 8.06. The van der Waals surface area contributed by atoms with Gasteiger partial charge in [-0.15, -0.1) is 0 Å². The molecule has 0 aromatic heterocycles. The lowest BCUT2D eigenvalue weighted by molar-refractivity contribution is -0.126. The van der Waals surface area contributed by atoms with Crippen LogP contribution in [0.15, 0.2) is 42.5 Å². The molecule has 4 rings (SSSR count). The van der Waals surface area contributed by atoms with Crippen LogP contribution in [0.4, 0.5) is 20.2 Å². The third-order valence-corrected chi connectivity index (χ3v) is 6.08. The zero-order valence-electron chi connectivity index (χ0n) is 16.3. The van der Waals surface area contributed by atoms with E-state index >= 15 is 0 Å². The minimum Gasteiger partial charge on any atom is -0.326 e. The predicted octanol–water partition coefficient (Wildman–Crippen LogP) is 4.69. The van der Waals surface area contributed by atoms with Crippen molar-refractivity contribution in [1.29, 1.82) is 0 Å². The molecule has 1 aliphatic heterocycles. The van der Waals surface area contributed by atoms with Gasteiger partial charge in [0.1, 0.15) is 0 Å². The van der Waals surface area contributed by atoms with Gasteiger partial charge in [0, 0.05) is 35.3 Å². The van der Waals surface area contributed by atoms with Gasteiger partial charge in [-0.25, -0.2) is 8.78 Å². The molecule has 2 amide bonds. The number of nitrogens with zero attached hydrogens (tertiary/aromatic N) is 1. The molecular weight excluding hydrogens is 374 g/mol. The molecule has 1 unspecified atom stereocenters. The van der Waals surface area contributed by atoms with Crippen LogP contribution in [0, 0.1) is 23.5 Å². The van der Waals surface area contributed by atoms with Gasteiger partial charge in [0.15, 0.2) is 11.6 Å². The average molecular weight is 398 g/mol. The van der Waals surface area contributed by atoms with Crippen molar-refractivity contribution in [2.24, 2.45) is 11.8 Å². The Bertz CT molecular complexity index is 938. The Labute approximate surface area is 168 Å². The molecule has 4 nitrogen and oxygen atoms in total. The molecule has 1 aliphatic carbocycles. The standard InChI is InChI=1S/C23H24F2N2O2/c1-14-12-17-4-2-3-5-21(17)27(14)23(29)16-8-6-15(7-9-16)22(28)26-18-10-11-19(24)20(25)13-18/h2-5,10-11,13-16H,6-9,12H2,1H3,(H,26,28). The summed E-state index contributed by atoms with van der Waals surface area (Å²) in [5.74, 6) is -2.31. The van der Waals surface area contributed by atoms with Gasteiger partial charge in [-0.3, -0.25) is 9.59 Å². The summed E-state index contributed by atoms with van der Waals surface area (Å²) in [7, 11) is 0. The Morgan fingerprint density at radius 2 is 1.66 bits per heavy atom. The Kier molecular flexibility index (Phi) is 5.35. The molecule has 152 valence electrons. The number of para-hydroxylation sites is 1. The molecule has 2 aromatic rings. The van der Waals surface area contributed by atoms with E-state index in [0.29, 0.717) is 25.7 Å². The Morgan fingerprint density at radius 1 is 0.966 bits per heavy atom. The number of carbonyl (C=O) groups excluding carboxylic acids is 2. The SMILES string of the molecule is CC1Cc2ccccc2N1C(=O)C1CCC(C(=O)Nc2ccc(F)c(F)c2)CC1. The van der Waals surface area contributed by atoms with Crippen molar-refractivity contribution in [3.63, 3.8) is 0 Å². The van der Waals surface area contributed by atoms with Gasteiger partial charge in [0.05, 0.1) is 0 Å². The maximum absolute atomic E-state index is 13.3. The highest BCUT2D eigenvalue weighted by atomic mass is 19.2. The van der Waals surface area contributed by atoms with Crippen LogP contribution in [0.25, 0.3) is 0 Å². The van der Waals surface area contributed by atoms with Crippen LogP contribution in [-0.4, -0.2) is 17.9 Å². The topological polar surface area (TPSA) is 49.4 Å². The van der Waals surface area contributed by atoms with Crippen molar-refractivity contribution >= 4 is 23.2 Å². The van der Waals surface area contributed by atoms with E-state index in [4.69, 9.17) is 0 Å². The Hall–Kier alpha value is -2.76. The van der Waals surface area contributed by atoms with Crippen molar-refractivity contribution in [3.8, 4) is 0 Å². The van der Waals surface area contributed by atoms with Crippen molar-refractivity contribution < 1.29 is 18.4 Å². The van der Waals surface area contributed by atoms with E-state index in [0.717, 1.165) is 24.2 Å². The molecule has 1 saturated carbocycles. The smallest absolute Gasteiger partial charge is 0.230 e. The molecular formula is C23H24F2N2O2. The number of nitrogens with one attached hydrogen (secondary N) is 1. The first-order valence-corrected chi connectivity index (χ1v) is 10.1. The molecule has 0 saturated heterocycles. The molecule has 2 aromatic carbocycles. The first-order valence-electron chi connectivity index (χ1n) is 10.1. The first kappa shape index (κ1) is 19.6. The van der Waals surface area contributed by atoms with E-state index < -0.39 is 11.6 Å². The third-order valence-electron chi connectivity index (χ3n) is 6.08. The largest absolute Gasteiger partial charge is 0.326 e. The minimum absolute atomic E-state index is 0.0871. The number of rotatable bonds is 3. The summed E-state index contributed by atoms with van der Waals surface area (Å²) < 4.78 is 26.4. The number of hydrogen-bond donors (Lipinski definition) is 1. The van der Waals surface area contributed by atoms with Gasteiger partial charge in [0.2, 0.25) is 11.8 Å². The van der Waals surface area contributed by atoms with Crippen molar-refractivity contribution in [2.75, 3.05) is 10.2 Å². The lowest BCUT2D eigenvalue weighted by Crippen LogP contribution is -2.42. The summed E-state index contributed by atoms with van der Waals surface area (Å²) in [4.78, 5) is 27.6. The molecule has 6 heteroatoms. The molecule has 1 atom stereocenters. The van der Waals surface area contributed by atoms with Crippen LogP contribution >= 0.6 is 0 Å². The number of halogens is 2. The highest BCUT2D eigenvalue weighted by molar-refractivity contribution is 5.98. The number of fused-ring (bicyclic) bond motifs is 1. The molecule has 0 spiro atoms. The lowest BCUT2D eigenvalue weighted by atomic mass is 9.80. The van der Waals surface area contributed by atoms with Crippen LogP contribution in [0.2, 0.25) is 0 Å². The summed E-state index contributed by atoms with van der Waals surface area (Å²) >= 11 is 0. The van der Waals surface area contributed by atoms with E-state index in [1.54, 1.807) is 0 Å². The zero-order chi connectivity index (χ0) is 20.5. The highest BCUT2D eigenvalue weighted by Gasteiger charge is 2.37. The molecule has 1 N–H and O–H groups in total. The summed E-state index contributed by atoms with van der Waals surface area (Å²) in [6.45, 7) is 2.07. The normalized spacial score (nSPS) is 23.6. The van der Waals surface area contributed by atoms with E-state index in [2.05, 4.69) is 18.3 Å². The zero-order valence-corrected chi connectivity index (χ0v) is 16.3. The average Bonchev–Trinajstić information content (AvgIpc) is 3.06. The van der Waals surface area contributed by atoms with Gasteiger partial charge >= 0.3 is 0 Å². The van der Waals surface area contributed by atoms with Gasteiger partial charge in [0.25, 0.3) is 0 Å². The maximum Gasteiger partial charge on any atom is 0.230 e. The van der Waals surface area contributed by atoms with Crippen LogP contribution in [0.3, 0.4) is 0 Å².